The van der Waals surface area contributed by atoms with Gasteiger partial charge in [0.05, 0.1) is 12.8 Å². The molecule has 1 aromatic carbocycles. The van der Waals surface area contributed by atoms with Gasteiger partial charge in [0.1, 0.15) is 12.4 Å². The van der Waals surface area contributed by atoms with Crippen molar-refractivity contribution in [2.24, 2.45) is 0 Å². The fraction of sp³-hybridized carbons (Fsp3) is 0.250. The van der Waals surface area contributed by atoms with Crippen LogP contribution in [-0.4, -0.2) is 7.11 Å². The lowest BCUT2D eigenvalue weighted by Crippen LogP contribution is -1.95. The number of benzene rings is 1. The van der Waals surface area contributed by atoms with Gasteiger partial charge in [0.15, 0.2) is 0 Å². The zero-order valence-electron chi connectivity index (χ0n) is 6.30. The minimum Gasteiger partial charge on any atom is -0.494 e. The van der Waals surface area contributed by atoms with Crippen LogP contribution in [0.3, 0.4) is 0 Å². The molecule has 1 aromatic rings. The third-order valence-electron chi connectivity index (χ3n) is 1.48. The summed E-state index contributed by atoms with van der Waals surface area (Å²) < 4.78 is 17.1. The summed E-state index contributed by atoms with van der Waals surface area (Å²) in [6.45, 7) is -0.547. The second kappa shape index (κ2) is 3.23. The van der Waals surface area contributed by atoms with Gasteiger partial charge in [0.25, 0.3) is 0 Å². The molecule has 0 radical (unpaired) electrons. The van der Waals surface area contributed by atoms with Crippen LogP contribution < -0.4 is 10.5 Å². The predicted octanol–water partition coefficient (Wildman–Crippen LogP) is 1.75. The predicted molar refractivity (Wildman–Crippen MR) is 42.2 cm³/mol. The van der Waals surface area contributed by atoms with Crippen molar-refractivity contribution in [3.63, 3.8) is 0 Å². The molecule has 0 bridgehead atoms. The van der Waals surface area contributed by atoms with Crippen molar-refractivity contribution in [2.75, 3.05) is 12.8 Å². The Morgan fingerprint density at radius 1 is 1.55 bits per heavy atom. The summed E-state index contributed by atoms with van der Waals surface area (Å²) in [5.74, 6) is 0.440. The number of halogens is 1. The van der Waals surface area contributed by atoms with E-state index in [-0.39, 0.29) is 0 Å². The SMILES string of the molecule is COc1c(N)cccc1CF. The number of alkyl halides is 1. The maximum absolute atomic E-state index is 12.2. The lowest BCUT2D eigenvalue weighted by Gasteiger charge is -2.06. The average Bonchev–Trinajstić information content (AvgIpc) is 2.04. The standard InChI is InChI=1S/C8H10FNO/c1-11-8-6(5-9)3-2-4-7(8)10/h2-4H,5,10H2,1H3. The van der Waals surface area contributed by atoms with E-state index in [1.54, 1.807) is 18.2 Å². The third-order valence-corrected chi connectivity index (χ3v) is 1.48. The smallest absolute Gasteiger partial charge is 0.147 e. The van der Waals surface area contributed by atoms with Gasteiger partial charge < -0.3 is 10.5 Å². The van der Waals surface area contributed by atoms with Gasteiger partial charge in [-0.3, -0.25) is 0 Å². The molecule has 2 nitrogen and oxygen atoms in total. The number of anilines is 1. The van der Waals surface area contributed by atoms with Crippen molar-refractivity contribution in [3.05, 3.63) is 23.8 Å². The Morgan fingerprint density at radius 2 is 2.27 bits per heavy atom. The van der Waals surface area contributed by atoms with Gasteiger partial charge >= 0.3 is 0 Å². The Morgan fingerprint density at radius 3 is 2.73 bits per heavy atom. The largest absolute Gasteiger partial charge is 0.494 e. The summed E-state index contributed by atoms with van der Waals surface area (Å²) in [6.07, 6.45) is 0. The highest BCUT2D eigenvalue weighted by Gasteiger charge is 2.04. The van der Waals surface area contributed by atoms with E-state index in [4.69, 9.17) is 10.5 Å². The Balaban J connectivity index is 3.13. The van der Waals surface area contributed by atoms with Crippen LogP contribution in [0.2, 0.25) is 0 Å². The molecule has 2 N–H and O–H groups in total. The highest BCUT2D eigenvalue weighted by atomic mass is 19.1. The van der Waals surface area contributed by atoms with Crippen molar-refractivity contribution in [2.45, 2.75) is 6.67 Å². The lowest BCUT2D eigenvalue weighted by molar-refractivity contribution is 0.396. The van der Waals surface area contributed by atoms with E-state index in [2.05, 4.69) is 0 Å². The van der Waals surface area contributed by atoms with Crippen LogP contribution >= 0.6 is 0 Å². The fourth-order valence-corrected chi connectivity index (χ4v) is 0.959. The molecular weight excluding hydrogens is 145 g/mol. The zero-order chi connectivity index (χ0) is 8.27. The summed E-state index contributed by atoms with van der Waals surface area (Å²) >= 11 is 0. The highest BCUT2D eigenvalue weighted by Crippen LogP contribution is 2.26. The summed E-state index contributed by atoms with van der Waals surface area (Å²) in [5.41, 5.74) is 6.48. The molecule has 11 heavy (non-hydrogen) atoms. The summed E-state index contributed by atoms with van der Waals surface area (Å²) in [6, 6.07) is 5.03. The normalized spacial score (nSPS) is 9.64. The molecule has 0 aliphatic heterocycles. The first-order chi connectivity index (χ1) is 5.29. The lowest BCUT2D eigenvalue weighted by atomic mass is 10.2. The zero-order valence-corrected chi connectivity index (χ0v) is 6.30. The van der Waals surface area contributed by atoms with Gasteiger partial charge in [-0.2, -0.15) is 0 Å². The molecule has 0 heterocycles. The van der Waals surface area contributed by atoms with Crippen molar-refractivity contribution < 1.29 is 9.13 Å². The van der Waals surface area contributed by atoms with E-state index in [9.17, 15) is 4.39 Å². The number of methoxy groups -OCH3 is 1. The quantitative estimate of drug-likeness (QED) is 0.660. The van der Waals surface area contributed by atoms with E-state index in [1.165, 1.54) is 7.11 Å². The minimum atomic E-state index is -0.547. The molecule has 0 aromatic heterocycles. The van der Waals surface area contributed by atoms with Gasteiger partial charge in [0, 0.05) is 5.56 Å². The number of ether oxygens (including phenoxy) is 1. The molecule has 0 saturated carbocycles. The van der Waals surface area contributed by atoms with Gasteiger partial charge in [-0.15, -0.1) is 0 Å². The average molecular weight is 155 g/mol. The molecule has 60 valence electrons. The number of nitrogen functional groups attached to an aromatic ring is 1. The van der Waals surface area contributed by atoms with Crippen molar-refractivity contribution >= 4 is 5.69 Å². The topological polar surface area (TPSA) is 35.2 Å². The van der Waals surface area contributed by atoms with Gasteiger partial charge in [-0.05, 0) is 6.07 Å². The second-order valence-corrected chi connectivity index (χ2v) is 2.17. The molecule has 0 spiro atoms. The molecule has 0 unspecified atom stereocenters. The molecular formula is C8H10FNO. The minimum absolute atomic E-state index is 0.440. The van der Waals surface area contributed by atoms with Crippen molar-refractivity contribution in [1.82, 2.24) is 0 Å². The molecule has 0 amide bonds. The van der Waals surface area contributed by atoms with Crippen LogP contribution in [-0.2, 0) is 6.67 Å². The maximum Gasteiger partial charge on any atom is 0.147 e. The van der Waals surface area contributed by atoms with Crippen LogP contribution in [0.15, 0.2) is 18.2 Å². The van der Waals surface area contributed by atoms with E-state index in [1.807, 2.05) is 0 Å². The summed E-state index contributed by atoms with van der Waals surface area (Å²) in [4.78, 5) is 0. The molecule has 3 heteroatoms. The van der Waals surface area contributed by atoms with Gasteiger partial charge in [-0.1, -0.05) is 12.1 Å². The van der Waals surface area contributed by atoms with Crippen LogP contribution in [0.5, 0.6) is 5.75 Å². The number of rotatable bonds is 2. The fourth-order valence-electron chi connectivity index (χ4n) is 0.959. The number of hydrogen-bond acceptors (Lipinski definition) is 2. The molecule has 1 rings (SSSR count). The monoisotopic (exact) mass is 155 g/mol. The molecule has 0 atom stereocenters. The Kier molecular flexibility index (Phi) is 2.31. The van der Waals surface area contributed by atoms with Crippen LogP contribution in [0, 0.1) is 0 Å². The number of hydrogen-bond donors (Lipinski definition) is 1. The van der Waals surface area contributed by atoms with E-state index in [0.717, 1.165) is 0 Å². The Bertz CT molecular complexity index is 250. The first-order valence-electron chi connectivity index (χ1n) is 3.27. The second-order valence-electron chi connectivity index (χ2n) is 2.17. The van der Waals surface area contributed by atoms with E-state index < -0.39 is 6.67 Å². The maximum atomic E-state index is 12.2. The first-order valence-corrected chi connectivity index (χ1v) is 3.27. The third kappa shape index (κ3) is 1.42. The summed E-state index contributed by atoms with van der Waals surface area (Å²) in [5, 5.41) is 0. The Hall–Kier alpha value is -1.25. The van der Waals surface area contributed by atoms with Crippen LogP contribution in [0.25, 0.3) is 0 Å². The summed E-state index contributed by atoms with van der Waals surface area (Å²) in [7, 11) is 1.48. The molecule has 0 aliphatic rings. The van der Waals surface area contributed by atoms with Gasteiger partial charge in [0.2, 0.25) is 0 Å². The van der Waals surface area contributed by atoms with Crippen molar-refractivity contribution in [3.8, 4) is 5.75 Å². The molecule has 0 fully saturated rings. The number of para-hydroxylation sites is 1. The van der Waals surface area contributed by atoms with Crippen LogP contribution in [0.1, 0.15) is 5.56 Å². The first kappa shape index (κ1) is 7.85. The van der Waals surface area contributed by atoms with Crippen molar-refractivity contribution in [1.29, 1.82) is 0 Å². The highest BCUT2D eigenvalue weighted by molar-refractivity contribution is 5.56. The Labute approximate surface area is 64.8 Å². The van der Waals surface area contributed by atoms with Gasteiger partial charge in [-0.25, -0.2) is 4.39 Å². The van der Waals surface area contributed by atoms with E-state index in [0.29, 0.717) is 17.0 Å². The number of nitrogens with two attached hydrogens (primary N) is 1. The van der Waals surface area contributed by atoms with Crippen LogP contribution in [0.4, 0.5) is 10.1 Å². The van der Waals surface area contributed by atoms with E-state index >= 15 is 0 Å². The molecule has 0 saturated heterocycles. The molecule has 0 aliphatic carbocycles.